The zero-order valence-electron chi connectivity index (χ0n) is 12.4. The minimum Gasteiger partial charge on any atom is -0.365 e. The molecule has 1 amide bonds. The lowest BCUT2D eigenvalue weighted by molar-refractivity contribution is -0.384. The number of nitro groups is 1. The number of nitrogens with zero attached hydrogens (tertiary/aromatic N) is 4. The number of hydrogen-bond donors (Lipinski definition) is 0. The molecule has 0 aromatic heterocycles. The molecule has 0 saturated carbocycles. The molecule has 0 N–H and O–H groups in total. The molecular formula is C14H20N4O3. The molecule has 0 radical (unpaired) electrons. The predicted octanol–water partition coefficient (Wildman–Crippen LogP) is 0.805. The molecule has 0 aliphatic carbocycles. The fourth-order valence-electron chi connectivity index (χ4n) is 2.28. The molecule has 0 bridgehead atoms. The number of carbonyl (C=O) groups is 1. The van der Waals surface area contributed by atoms with Gasteiger partial charge in [0.05, 0.1) is 11.5 Å². The van der Waals surface area contributed by atoms with Crippen molar-refractivity contribution in [3.8, 4) is 0 Å². The van der Waals surface area contributed by atoms with Crippen LogP contribution in [0.15, 0.2) is 24.3 Å². The first-order chi connectivity index (χ1) is 9.97. The van der Waals surface area contributed by atoms with Crippen molar-refractivity contribution in [2.75, 3.05) is 51.7 Å². The predicted molar refractivity (Wildman–Crippen MR) is 80.4 cm³/mol. The number of piperazine rings is 1. The lowest BCUT2D eigenvalue weighted by Gasteiger charge is -2.33. The molecule has 0 spiro atoms. The van der Waals surface area contributed by atoms with Gasteiger partial charge < -0.3 is 14.7 Å². The summed E-state index contributed by atoms with van der Waals surface area (Å²) in [6.45, 7) is 3.58. The first-order valence-electron chi connectivity index (χ1n) is 6.89. The highest BCUT2D eigenvalue weighted by Crippen LogP contribution is 2.18. The van der Waals surface area contributed by atoms with Gasteiger partial charge in [0.2, 0.25) is 5.91 Å². The van der Waals surface area contributed by atoms with E-state index in [1.807, 2.05) is 23.9 Å². The van der Waals surface area contributed by atoms with E-state index < -0.39 is 4.92 Å². The highest BCUT2D eigenvalue weighted by atomic mass is 16.6. The molecule has 7 nitrogen and oxygen atoms in total. The SMILES string of the molecule is CN1CCN(C(=O)CN(C)c2ccc([N+](=O)[O-])cc2)CC1. The van der Waals surface area contributed by atoms with Crippen LogP contribution in [0, 0.1) is 10.1 Å². The van der Waals surface area contributed by atoms with Gasteiger partial charge in [-0.25, -0.2) is 0 Å². The van der Waals surface area contributed by atoms with Crippen molar-refractivity contribution in [2.24, 2.45) is 0 Å². The summed E-state index contributed by atoms with van der Waals surface area (Å²) < 4.78 is 0. The van der Waals surface area contributed by atoms with Crippen molar-refractivity contribution in [3.63, 3.8) is 0 Å². The molecule has 1 aromatic rings. The van der Waals surface area contributed by atoms with Gasteiger partial charge in [-0.05, 0) is 19.2 Å². The average molecular weight is 292 g/mol. The van der Waals surface area contributed by atoms with Crippen molar-refractivity contribution in [3.05, 3.63) is 34.4 Å². The van der Waals surface area contributed by atoms with E-state index in [1.165, 1.54) is 12.1 Å². The van der Waals surface area contributed by atoms with Crippen LogP contribution in [0.4, 0.5) is 11.4 Å². The molecule has 7 heteroatoms. The molecule has 1 aliphatic rings. The maximum absolute atomic E-state index is 12.2. The summed E-state index contributed by atoms with van der Waals surface area (Å²) in [7, 11) is 3.86. The topological polar surface area (TPSA) is 69.9 Å². The van der Waals surface area contributed by atoms with Crippen molar-refractivity contribution in [1.82, 2.24) is 9.80 Å². The Morgan fingerprint density at radius 1 is 1.24 bits per heavy atom. The fourth-order valence-corrected chi connectivity index (χ4v) is 2.28. The van der Waals surface area contributed by atoms with E-state index >= 15 is 0 Å². The van der Waals surface area contributed by atoms with Crippen molar-refractivity contribution in [2.45, 2.75) is 0 Å². The van der Waals surface area contributed by atoms with Crippen LogP contribution in [0.25, 0.3) is 0 Å². The number of likely N-dealkylation sites (N-methyl/N-ethyl adjacent to an activating group) is 2. The summed E-state index contributed by atoms with van der Waals surface area (Å²) in [4.78, 5) is 28.3. The van der Waals surface area contributed by atoms with E-state index in [-0.39, 0.29) is 18.1 Å². The summed E-state index contributed by atoms with van der Waals surface area (Å²) in [5.41, 5.74) is 0.848. The van der Waals surface area contributed by atoms with Crippen LogP contribution >= 0.6 is 0 Å². The van der Waals surface area contributed by atoms with Crippen molar-refractivity contribution < 1.29 is 9.72 Å². The van der Waals surface area contributed by atoms with Gasteiger partial charge in [-0.3, -0.25) is 14.9 Å². The number of benzene rings is 1. The first-order valence-corrected chi connectivity index (χ1v) is 6.89. The van der Waals surface area contributed by atoms with Crippen molar-refractivity contribution in [1.29, 1.82) is 0 Å². The Hall–Kier alpha value is -2.15. The van der Waals surface area contributed by atoms with E-state index in [4.69, 9.17) is 0 Å². The molecule has 1 saturated heterocycles. The quantitative estimate of drug-likeness (QED) is 0.606. The molecule has 21 heavy (non-hydrogen) atoms. The van der Waals surface area contributed by atoms with E-state index in [9.17, 15) is 14.9 Å². The number of rotatable bonds is 4. The lowest BCUT2D eigenvalue weighted by atomic mass is 10.2. The van der Waals surface area contributed by atoms with Gasteiger partial charge in [0, 0.05) is 51.0 Å². The number of hydrogen-bond acceptors (Lipinski definition) is 5. The summed E-state index contributed by atoms with van der Waals surface area (Å²) in [5, 5.41) is 10.6. The molecule has 1 aromatic carbocycles. The van der Waals surface area contributed by atoms with Crippen LogP contribution < -0.4 is 4.90 Å². The molecule has 0 unspecified atom stereocenters. The fraction of sp³-hybridized carbons (Fsp3) is 0.500. The summed E-state index contributed by atoms with van der Waals surface area (Å²) in [6.07, 6.45) is 0. The standard InChI is InChI=1S/C14H20N4O3/c1-15-7-9-17(10-8-15)14(19)11-16(2)12-3-5-13(6-4-12)18(20)21/h3-6H,7-11H2,1-2H3. The van der Waals surface area contributed by atoms with E-state index in [0.717, 1.165) is 31.9 Å². The normalized spacial score (nSPS) is 15.8. The Morgan fingerprint density at radius 3 is 2.33 bits per heavy atom. The molecule has 1 heterocycles. The zero-order chi connectivity index (χ0) is 15.4. The highest BCUT2D eigenvalue weighted by Gasteiger charge is 2.20. The van der Waals surface area contributed by atoms with Crippen LogP contribution in [0.3, 0.4) is 0 Å². The van der Waals surface area contributed by atoms with Gasteiger partial charge in [-0.1, -0.05) is 0 Å². The van der Waals surface area contributed by atoms with Gasteiger partial charge in [0.25, 0.3) is 5.69 Å². The van der Waals surface area contributed by atoms with Crippen molar-refractivity contribution >= 4 is 17.3 Å². The lowest BCUT2D eigenvalue weighted by Crippen LogP contribution is -2.49. The Bertz CT molecular complexity index is 509. The van der Waals surface area contributed by atoms with Gasteiger partial charge in [-0.15, -0.1) is 0 Å². The number of amides is 1. The minimum absolute atomic E-state index is 0.0533. The van der Waals surface area contributed by atoms with Crippen LogP contribution in [0.5, 0.6) is 0 Å². The van der Waals surface area contributed by atoms with Gasteiger partial charge in [0.15, 0.2) is 0 Å². The Balaban J connectivity index is 1.92. The van der Waals surface area contributed by atoms with E-state index in [2.05, 4.69) is 4.90 Å². The van der Waals surface area contributed by atoms with Crippen LogP contribution in [-0.2, 0) is 4.79 Å². The third kappa shape index (κ3) is 3.91. The Kier molecular flexibility index (Phi) is 4.74. The zero-order valence-corrected chi connectivity index (χ0v) is 12.4. The summed E-state index contributed by atoms with van der Waals surface area (Å²) in [5.74, 6) is 0.0870. The smallest absolute Gasteiger partial charge is 0.269 e. The maximum atomic E-state index is 12.2. The molecule has 114 valence electrons. The number of nitro benzene ring substituents is 1. The second-order valence-corrected chi connectivity index (χ2v) is 5.31. The second-order valence-electron chi connectivity index (χ2n) is 5.31. The molecule has 1 fully saturated rings. The molecule has 2 rings (SSSR count). The van der Waals surface area contributed by atoms with Gasteiger partial charge >= 0.3 is 0 Å². The molecular weight excluding hydrogens is 272 g/mol. The van der Waals surface area contributed by atoms with E-state index in [0.29, 0.717) is 0 Å². The highest BCUT2D eigenvalue weighted by molar-refractivity contribution is 5.81. The summed E-state index contributed by atoms with van der Waals surface area (Å²) >= 11 is 0. The second kappa shape index (κ2) is 6.53. The Labute approximate surface area is 123 Å². The largest absolute Gasteiger partial charge is 0.365 e. The van der Waals surface area contributed by atoms with E-state index in [1.54, 1.807) is 12.1 Å². The minimum atomic E-state index is -0.431. The Morgan fingerprint density at radius 2 is 1.81 bits per heavy atom. The number of carbonyl (C=O) groups excluding carboxylic acids is 1. The van der Waals surface area contributed by atoms with Crippen LogP contribution in [-0.4, -0.2) is 67.4 Å². The van der Waals surface area contributed by atoms with Gasteiger partial charge in [0.1, 0.15) is 0 Å². The number of non-ortho nitro benzene ring substituents is 1. The monoisotopic (exact) mass is 292 g/mol. The molecule has 0 atom stereocenters. The molecule has 1 aliphatic heterocycles. The van der Waals surface area contributed by atoms with Gasteiger partial charge in [-0.2, -0.15) is 0 Å². The first kappa shape index (κ1) is 15.2. The average Bonchev–Trinajstić information content (AvgIpc) is 2.47. The van der Waals surface area contributed by atoms with Crippen LogP contribution in [0.2, 0.25) is 0 Å². The summed E-state index contributed by atoms with van der Waals surface area (Å²) in [6, 6.07) is 6.23. The number of anilines is 1. The maximum Gasteiger partial charge on any atom is 0.269 e. The van der Waals surface area contributed by atoms with Crippen LogP contribution in [0.1, 0.15) is 0 Å². The third-order valence-corrected chi connectivity index (χ3v) is 3.73. The third-order valence-electron chi connectivity index (χ3n) is 3.73.